The number of nitrogens with zero attached hydrogens (tertiary/aromatic N) is 4. The monoisotopic (exact) mass is 367 g/mol. The Morgan fingerprint density at radius 1 is 1.24 bits per heavy atom. The molecule has 1 aromatic carbocycles. The average molecular weight is 367 g/mol. The fourth-order valence-corrected chi connectivity index (χ4v) is 4.14. The maximum absolute atomic E-state index is 13.3. The molecule has 1 aliphatic rings. The Bertz CT molecular complexity index is 833. The molecular formula is C15H18FN5O3S. The predicted octanol–water partition coefficient (Wildman–Crippen LogP) is 0.409. The minimum Gasteiger partial charge on any atom is -0.340 e. The van der Waals surface area contributed by atoms with Crippen LogP contribution in [-0.4, -0.2) is 64.9 Å². The molecule has 1 saturated heterocycles. The molecule has 10 heteroatoms. The number of rotatable bonds is 5. The maximum Gasteiger partial charge on any atom is 0.243 e. The van der Waals surface area contributed by atoms with Gasteiger partial charge >= 0.3 is 0 Å². The van der Waals surface area contributed by atoms with Gasteiger partial charge in [-0.3, -0.25) is 9.89 Å². The van der Waals surface area contributed by atoms with Crippen LogP contribution in [0.25, 0.3) is 0 Å². The zero-order valence-electron chi connectivity index (χ0n) is 13.4. The van der Waals surface area contributed by atoms with Crippen molar-refractivity contribution in [3.8, 4) is 0 Å². The second-order valence-electron chi connectivity index (χ2n) is 5.67. The zero-order chi connectivity index (χ0) is 17.9. The van der Waals surface area contributed by atoms with Crippen LogP contribution in [-0.2, 0) is 21.2 Å². The molecule has 8 nitrogen and oxygen atoms in total. The highest BCUT2D eigenvalue weighted by Gasteiger charge is 2.30. The Morgan fingerprint density at radius 3 is 2.64 bits per heavy atom. The van der Waals surface area contributed by atoms with E-state index in [2.05, 4.69) is 15.2 Å². The van der Waals surface area contributed by atoms with Gasteiger partial charge in [0.15, 0.2) is 0 Å². The van der Waals surface area contributed by atoms with E-state index in [1.54, 1.807) is 4.90 Å². The van der Waals surface area contributed by atoms with Crippen LogP contribution in [0.1, 0.15) is 12.2 Å². The van der Waals surface area contributed by atoms with Gasteiger partial charge in [-0.15, -0.1) is 0 Å². The fraction of sp³-hybridized carbons (Fsp3) is 0.400. The topological polar surface area (TPSA) is 99.3 Å². The third kappa shape index (κ3) is 4.02. The van der Waals surface area contributed by atoms with Gasteiger partial charge < -0.3 is 4.90 Å². The first-order valence-electron chi connectivity index (χ1n) is 7.84. The molecule has 25 heavy (non-hydrogen) atoms. The Balaban J connectivity index is 1.57. The van der Waals surface area contributed by atoms with E-state index in [-0.39, 0.29) is 30.3 Å². The summed E-state index contributed by atoms with van der Waals surface area (Å²) in [5.41, 5.74) is 0. The van der Waals surface area contributed by atoms with Crippen LogP contribution in [0.2, 0.25) is 0 Å². The van der Waals surface area contributed by atoms with Crippen LogP contribution < -0.4 is 0 Å². The molecule has 0 spiro atoms. The van der Waals surface area contributed by atoms with Crippen molar-refractivity contribution in [3.63, 3.8) is 0 Å². The summed E-state index contributed by atoms with van der Waals surface area (Å²) in [6, 6.07) is 4.94. The molecule has 2 aromatic rings. The lowest BCUT2D eigenvalue weighted by Crippen LogP contribution is -2.50. The van der Waals surface area contributed by atoms with Gasteiger partial charge in [0.25, 0.3) is 0 Å². The number of aryl methyl sites for hydroxylation is 1. The van der Waals surface area contributed by atoms with E-state index in [1.807, 2.05) is 0 Å². The molecule has 1 aromatic heterocycles. The van der Waals surface area contributed by atoms with E-state index in [0.717, 1.165) is 6.07 Å². The number of piperazine rings is 1. The van der Waals surface area contributed by atoms with Gasteiger partial charge in [-0.2, -0.15) is 9.40 Å². The van der Waals surface area contributed by atoms with Crippen molar-refractivity contribution in [1.29, 1.82) is 0 Å². The normalized spacial score (nSPS) is 16.1. The number of carbonyl (C=O) groups excluding carboxylic acids is 1. The standard InChI is InChI=1S/C15H18FN5O3S/c16-12-2-1-3-13(10-12)25(23,24)21-8-6-20(7-9-21)15(22)5-4-14-17-11-18-19-14/h1-3,10-11H,4-9H2,(H,17,18,19). The Labute approximate surface area is 144 Å². The summed E-state index contributed by atoms with van der Waals surface area (Å²) < 4.78 is 39.6. The van der Waals surface area contributed by atoms with Crippen LogP contribution in [0.3, 0.4) is 0 Å². The van der Waals surface area contributed by atoms with Crippen LogP contribution >= 0.6 is 0 Å². The quantitative estimate of drug-likeness (QED) is 0.825. The van der Waals surface area contributed by atoms with E-state index < -0.39 is 15.8 Å². The Hall–Kier alpha value is -2.33. The molecule has 0 saturated carbocycles. The summed E-state index contributed by atoms with van der Waals surface area (Å²) in [5, 5.41) is 6.42. The number of benzene rings is 1. The average Bonchev–Trinajstić information content (AvgIpc) is 3.13. The van der Waals surface area contributed by atoms with Gasteiger partial charge in [0.2, 0.25) is 15.9 Å². The Morgan fingerprint density at radius 2 is 2.00 bits per heavy atom. The molecule has 134 valence electrons. The van der Waals surface area contributed by atoms with Crippen molar-refractivity contribution in [3.05, 3.63) is 42.2 Å². The number of aromatic amines is 1. The molecule has 1 N–H and O–H groups in total. The fourth-order valence-electron chi connectivity index (χ4n) is 2.69. The number of carbonyl (C=O) groups is 1. The van der Waals surface area contributed by atoms with E-state index in [4.69, 9.17) is 0 Å². The van der Waals surface area contributed by atoms with Crippen molar-refractivity contribution < 1.29 is 17.6 Å². The van der Waals surface area contributed by atoms with Crippen molar-refractivity contribution in [2.45, 2.75) is 17.7 Å². The first-order chi connectivity index (χ1) is 12.0. The molecule has 0 atom stereocenters. The van der Waals surface area contributed by atoms with Crippen molar-refractivity contribution in [2.75, 3.05) is 26.2 Å². The smallest absolute Gasteiger partial charge is 0.243 e. The molecule has 0 unspecified atom stereocenters. The molecule has 1 amide bonds. The van der Waals surface area contributed by atoms with E-state index in [0.29, 0.717) is 25.3 Å². The molecule has 2 heterocycles. The highest BCUT2D eigenvalue weighted by molar-refractivity contribution is 7.89. The highest BCUT2D eigenvalue weighted by atomic mass is 32.2. The highest BCUT2D eigenvalue weighted by Crippen LogP contribution is 2.18. The number of halogens is 1. The third-order valence-corrected chi connectivity index (χ3v) is 5.96. The third-order valence-electron chi connectivity index (χ3n) is 4.07. The summed E-state index contributed by atoms with van der Waals surface area (Å²) >= 11 is 0. The second kappa shape index (κ2) is 7.28. The molecule has 0 bridgehead atoms. The summed E-state index contributed by atoms with van der Waals surface area (Å²) in [6.45, 7) is 0.993. The SMILES string of the molecule is O=C(CCc1ncn[nH]1)N1CCN(S(=O)(=O)c2cccc(F)c2)CC1. The van der Waals surface area contributed by atoms with Gasteiger partial charge in [-0.1, -0.05) is 6.07 Å². The van der Waals surface area contributed by atoms with Crippen LogP contribution in [0.4, 0.5) is 4.39 Å². The molecule has 0 radical (unpaired) electrons. The number of hydrogen-bond donors (Lipinski definition) is 1. The number of aromatic nitrogens is 3. The van der Waals surface area contributed by atoms with Gasteiger partial charge in [-0.25, -0.2) is 17.8 Å². The summed E-state index contributed by atoms with van der Waals surface area (Å²) in [7, 11) is -3.75. The molecular weight excluding hydrogens is 349 g/mol. The van der Waals surface area contributed by atoms with Crippen molar-refractivity contribution in [2.24, 2.45) is 0 Å². The number of H-pyrrole nitrogens is 1. The molecule has 3 rings (SSSR count). The molecule has 0 aliphatic carbocycles. The van der Waals surface area contributed by atoms with Crippen LogP contribution in [0, 0.1) is 5.82 Å². The number of hydrogen-bond acceptors (Lipinski definition) is 5. The second-order valence-corrected chi connectivity index (χ2v) is 7.61. The van der Waals surface area contributed by atoms with E-state index in [1.165, 1.54) is 28.8 Å². The summed E-state index contributed by atoms with van der Waals surface area (Å²) in [5.74, 6) is -0.0119. The number of nitrogens with one attached hydrogen (secondary N) is 1. The minimum absolute atomic E-state index is 0.0563. The lowest BCUT2D eigenvalue weighted by molar-refractivity contribution is -0.132. The lowest BCUT2D eigenvalue weighted by atomic mass is 10.2. The number of sulfonamides is 1. The minimum atomic E-state index is -3.75. The largest absolute Gasteiger partial charge is 0.340 e. The van der Waals surface area contributed by atoms with Crippen LogP contribution in [0.15, 0.2) is 35.5 Å². The Kier molecular flexibility index (Phi) is 5.09. The van der Waals surface area contributed by atoms with E-state index in [9.17, 15) is 17.6 Å². The lowest BCUT2D eigenvalue weighted by Gasteiger charge is -2.34. The predicted molar refractivity (Wildman–Crippen MR) is 86.4 cm³/mol. The van der Waals surface area contributed by atoms with Crippen molar-refractivity contribution in [1.82, 2.24) is 24.4 Å². The maximum atomic E-state index is 13.3. The van der Waals surface area contributed by atoms with Gasteiger partial charge in [0.1, 0.15) is 18.0 Å². The van der Waals surface area contributed by atoms with Crippen molar-refractivity contribution >= 4 is 15.9 Å². The first-order valence-corrected chi connectivity index (χ1v) is 9.28. The van der Waals surface area contributed by atoms with Gasteiger partial charge in [-0.05, 0) is 18.2 Å². The van der Waals surface area contributed by atoms with Gasteiger partial charge in [0, 0.05) is 39.0 Å². The summed E-state index contributed by atoms with van der Waals surface area (Å²) in [6.07, 6.45) is 2.13. The van der Waals surface area contributed by atoms with Crippen LogP contribution in [0.5, 0.6) is 0 Å². The summed E-state index contributed by atoms with van der Waals surface area (Å²) in [4.78, 5) is 17.7. The van der Waals surface area contributed by atoms with E-state index >= 15 is 0 Å². The molecule has 1 fully saturated rings. The zero-order valence-corrected chi connectivity index (χ0v) is 14.2. The number of amides is 1. The molecule has 1 aliphatic heterocycles. The first kappa shape index (κ1) is 17.5. The van der Waals surface area contributed by atoms with Gasteiger partial charge in [0.05, 0.1) is 4.90 Å².